The molecule has 2 N–H and O–H groups in total. The summed E-state index contributed by atoms with van der Waals surface area (Å²) in [7, 11) is 0. The van der Waals surface area contributed by atoms with Crippen LogP contribution in [0, 0.1) is 0 Å². The van der Waals surface area contributed by atoms with Crippen LogP contribution in [-0.2, 0) is 5.41 Å². The zero-order valence-electron chi connectivity index (χ0n) is 11.7. The average molecular weight is 271 g/mol. The lowest BCUT2D eigenvalue weighted by Crippen LogP contribution is -2.13. The van der Waals surface area contributed by atoms with Crippen molar-refractivity contribution in [2.75, 3.05) is 5.43 Å². The third kappa shape index (κ3) is 3.74. The van der Waals surface area contributed by atoms with E-state index >= 15 is 0 Å². The molecule has 0 aliphatic carbocycles. The van der Waals surface area contributed by atoms with Gasteiger partial charge < -0.3 is 0 Å². The number of aromatic amines is 1. The van der Waals surface area contributed by atoms with E-state index in [9.17, 15) is 4.79 Å². The van der Waals surface area contributed by atoms with Gasteiger partial charge in [-0.15, -0.1) is 0 Å². The van der Waals surface area contributed by atoms with Gasteiger partial charge in [0.05, 0.1) is 12.4 Å². The van der Waals surface area contributed by atoms with E-state index in [-0.39, 0.29) is 5.41 Å². The maximum Gasteiger partial charge on any atom is 0.363 e. The molecule has 1 heterocycles. The maximum atomic E-state index is 10.9. The van der Waals surface area contributed by atoms with Crippen molar-refractivity contribution < 1.29 is 0 Å². The molecule has 2 rings (SSSR count). The minimum Gasteiger partial charge on any atom is -0.260 e. The van der Waals surface area contributed by atoms with Gasteiger partial charge in [-0.2, -0.15) is 15.2 Å². The number of nitrogens with one attached hydrogen (secondary N) is 2. The molecule has 0 saturated carbocycles. The summed E-state index contributed by atoms with van der Waals surface area (Å²) in [5.41, 5.74) is 4.50. The second kappa shape index (κ2) is 5.64. The first kappa shape index (κ1) is 13.9. The SMILES string of the molecule is CC(C)(C)c1ccc(/C=N/Nc2cn[nH]c(=O)n2)cc1. The highest BCUT2D eigenvalue weighted by Gasteiger charge is 2.12. The Morgan fingerprint density at radius 1 is 1.25 bits per heavy atom. The number of benzene rings is 1. The van der Waals surface area contributed by atoms with E-state index in [4.69, 9.17) is 0 Å². The molecule has 104 valence electrons. The second-order valence-electron chi connectivity index (χ2n) is 5.41. The molecule has 1 aromatic carbocycles. The number of hydrogen-bond donors (Lipinski definition) is 2. The van der Waals surface area contributed by atoms with Crippen LogP contribution in [0.5, 0.6) is 0 Å². The van der Waals surface area contributed by atoms with E-state index in [0.29, 0.717) is 5.82 Å². The Kier molecular flexibility index (Phi) is 3.93. The van der Waals surface area contributed by atoms with Crippen molar-refractivity contribution in [3.63, 3.8) is 0 Å². The zero-order chi connectivity index (χ0) is 14.6. The number of hydrazone groups is 1. The molecule has 6 nitrogen and oxygen atoms in total. The van der Waals surface area contributed by atoms with Crippen LogP contribution in [0.3, 0.4) is 0 Å². The van der Waals surface area contributed by atoms with Crippen molar-refractivity contribution in [3.05, 3.63) is 52.1 Å². The van der Waals surface area contributed by atoms with Crippen molar-refractivity contribution in [2.24, 2.45) is 5.10 Å². The Labute approximate surface area is 117 Å². The number of anilines is 1. The number of aromatic nitrogens is 3. The highest BCUT2D eigenvalue weighted by molar-refractivity contribution is 5.80. The summed E-state index contributed by atoms with van der Waals surface area (Å²) in [6, 6.07) is 8.15. The highest BCUT2D eigenvalue weighted by Crippen LogP contribution is 2.21. The molecule has 0 radical (unpaired) electrons. The minimum atomic E-state index is -0.514. The molecule has 0 amide bonds. The van der Waals surface area contributed by atoms with Gasteiger partial charge in [-0.05, 0) is 16.5 Å². The van der Waals surface area contributed by atoms with Crippen LogP contribution in [0.2, 0.25) is 0 Å². The molecule has 6 heteroatoms. The van der Waals surface area contributed by atoms with Crippen molar-refractivity contribution in [1.82, 2.24) is 15.2 Å². The summed E-state index contributed by atoms with van der Waals surface area (Å²) in [5.74, 6) is 0.302. The molecule has 1 aromatic heterocycles. The Morgan fingerprint density at radius 2 is 1.95 bits per heavy atom. The zero-order valence-corrected chi connectivity index (χ0v) is 11.7. The summed E-state index contributed by atoms with van der Waals surface area (Å²) in [5, 5.41) is 9.82. The van der Waals surface area contributed by atoms with Crippen LogP contribution in [0.1, 0.15) is 31.9 Å². The fourth-order valence-corrected chi connectivity index (χ4v) is 1.61. The molecular formula is C14H17N5O. The predicted octanol–water partition coefficient (Wildman–Crippen LogP) is 1.91. The molecule has 2 aromatic rings. The molecule has 0 spiro atoms. The lowest BCUT2D eigenvalue weighted by atomic mass is 9.87. The Bertz CT molecular complexity index is 652. The van der Waals surface area contributed by atoms with E-state index in [0.717, 1.165) is 5.56 Å². The lowest BCUT2D eigenvalue weighted by Gasteiger charge is -2.18. The molecule has 0 fully saturated rings. The van der Waals surface area contributed by atoms with Crippen LogP contribution in [0.25, 0.3) is 0 Å². The number of nitrogens with zero attached hydrogens (tertiary/aromatic N) is 3. The van der Waals surface area contributed by atoms with E-state index in [1.54, 1.807) is 6.21 Å². The Hall–Kier alpha value is -2.50. The van der Waals surface area contributed by atoms with Gasteiger partial charge in [-0.3, -0.25) is 5.43 Å². The maximum absolute atomic E-state index is 10.9. The van der Waals surface area contributed by atoms with Crippen LogP contribution in [0.4, 0.5) is 5.82 Å². The summed E-state index contributed by atoms with van der Waals surface area (Å²) in [6.07, 6.45) is 3.05. The van der Waals surface area contributed by atoms with Gasteiger partial charge in [0, 0.05) is 0 Å². The first-order valence-electron chi connectivity index (χ1n) is 6.26. The first-order valence-corrected chi connectivity index (χ1v) is 6.26. The molecule has 0 bridgehead atoms. The third-order valence-electron chi connectivity index (χ3n) is 2.74. The van der Waals surface area contributed by atoms with Gasteiger partial charge in [-0.25, -0.2) is 9.89 Å². The van der Waals surface area contributed by atoms with Crippen LogP contribution >= 0.6 is 0 Å². The van der Waals surface area contributed by atoms with Crippen LogP contribution < -0.4 is 11.1 Å². The van der Waals surface area contributed by atoms with Crippen molar-refractivity contribution in [2.45, 2.75) is 26.2 Å². The first-order chi connectivity index (χ1) is 9.45. The van der Waals surface area contributed by atoms with Gasteiger partial charge >= 0.3 is 5.69 Å². The summed E-state index contributed by atoms with van der Waals surface area (Å²) in [6.45, 7) is 6.51. The topological polar surface area (TPSA) is 83.0 Å². The number of H-pyrrole nitrogens is 1. The Balaban J connectivity index is 2.03. The van der Waals surface area contributed by atoms with E-state index in [1.165, 1.54) is 11.8 Å². The van der Waals surface area contributed by atoms with Crippen LogP contribution in [0.15, 0.2) is 40.4 Å². The molecule has 0 atom stereocenters. The fourth-order valence-electron chi connectivity index (χ4n) is 1.61. The molecule has 0 saturated heterocycles. The van der Waals surface area contributed by atoms with E-state index in [1.807, 2.05) is 12.1 Å². The van der Waals surface area contributed by atoms with Gasteiger partial charge in [0.1, 0.15) is 0 Å². The quantitative estimate of drug-likeness (QED) is 0.660. The molecule has 20 heavy (non-hydrogen) atoms. The van der Waals surface area contributed by atoms with Gasteiger partial charge in [0.25, 0.3) is 0 Å². The monoisotopic (exact) mass is 271 g/mol. The smallest absolute Gasteiger partial charge is 0.260 e. The summed E-state index contributed by atoms with van der Waals surface area (Å²) in [4.78, 5) is 14.6. The van der Waals surface area contributed by atoms with E-state index < -0.39 is 5.69 Å². The summed E-state index contributed by atoms with van der Waals surface area (Å²) < 4.78 is 0. The standard InChI is InChI=1S/C14H17N5O/c1-14(2,3)11-6-4-10(5-7-11)8-15-18-12-9-16-19-13(20)17-12/h4-9H,1-3H3,(H2,17,18,19,20)/b15-8+. The molecular weight excluding hydrogens is 254 g/mol. The van der Waals surface area contributed by atoms with Gasteiger partial charge in [0.15, 0.2) is 5.82 Å². The Morgan fingerprint density at radius 3 is 2.55 bits per heavy atom. The molecule has 0 aliphatic heterocycles. The number of hydrogen-bond acceptors (Lipinski definition) is 5. The van der Waals surface area contributed by atoms with Gasteiger partial charge in [-0.1, -0.05) is 45.0 Å². The van der Waals surface area contributed by atoms with E-state index in [2.05, 4.69) is 58.6 Å². The molecule has 0 unspecified atom stereocenters. The minimum absolute atomic E-state index is 0.134. The van der Waals surface area contributed by atoms with Gasteiger partial charge in [0.2, 0.25) is 0 Å². The fraction of sp³-hybridized carbons (Fsp3) is 0.286. The predicted molar refractivity (Wildman–Crippen MR) is 79.0 cm³/mol. The van der Waals surface area contributed by atoms with Crippen molar-refractivity contribution in [3.8, 4) is 0 Å². The lowest BCUT2D eigenvalue weighted by molar-refractivity contribution is 0.590. The average Bonchev–Trinajstić information content (AvgIpc) is 2.38. The van der Waals surface area contributed by atoms with Crippen molar-refractivity contribution in [1.29, 1.82) is 0 Å². The number of rotatable bonds is 3. The third-order valence-corrected chi connectivity index (χ3v) is 2.74. The van der Waals surface area contributed by atoms with Crippen molar-refractivity contribution >= 4 is 12.0 Å². The van der Waals surface area contributed by atoms with Crippen LogP contribution in [-0.4, -0.2) is 21.4 Å². The normalized spacial score (nSPS) is 11.8. The largest absolute Gasteiger partial charge is 0.363 e. The summed E-state index contributed by atoms with van der Waals surface area (Å²) >= 11 is 0. The second-order valence-corrected chi connectivity index (χ2v) is 5.41. The molecule has 0 aliphatic rings. The highest BCUT2D eigenvalue weighted by atomic mass is 16.1.